The first-order valence-electron chi connectivity index (χ1n) is 9.10. The maximum atomic E-state index is 12.1. The number of fused-ring (bicyclic) bond motifs is 1. The van der Waals surface area contributed by atoms with E-state index in [-0.39, 0.29) is 12.0 Å². The number of ether oxygens (including phenoxy) is 1. The van der Waals surface area contributed by atoms with E-state index in [1.165, 1.54) is 0 Å². The zero-order chi connectivity index (χ0) is 18.4. The van der Waals surface area contributed by atoms with Gasteiger partial charge in [0.05, 0.1) is 6.26 Å². The van der Waals surface area contributed by atoms with Crippen molar-refractivity contribution in [2.45, 2.75) is 38.8 Å². The molecule has 0 bridgehead atoms. The van der Waals surface area contributed by atoms with Crippen molar-refractivity contribution in [1.29, 1.82) is 0 Å². The lowest BCUT2D eigenvalue weighted by molar-refractivity contribution is -0.121. The molecule has 5 nitrogen and oxygen atoms in total. The average molecular weight is 377 g/mol. The normalized spacial score (nSPS) is 17.2. The third-order valence-corrected chi connectivity index (χ3v) is 4.80. The molecule has 1 atom stereocenters. The van der Waals surface area contributed by atoms with Gasteiger partial charge in [0.1, 0.15) is 17.6 Å². The summed E-state index contributed by atoms with van der Waals surface area (Å²) in [6.07, 6.45) is 3.85. The molecule has 0 spiro atoms. The zero-order valence-corrected chi connectivity index (χ0v) is 15.8. The minimum absolute atomic E-state index is 0.0612. The number of benzene rings is 1. The predicted octanol–water partition coefficient (Wildman–Crippen LogP) is 3.66. The van der Waals surface area contributed by atoms with Gasteiger partial charge in [-0.1, -0.05) is 24.6 Å². The maximum absolute atomic E-state index is 12.1. The van der Waals surface area contributed by atoms with E-state index in [0.29, 0.717) is 31.0 Å². The van der Waals surface area contributed by atoms with Gasteiger partial charge in [-0.15, -0.1) is 0 Å². The van der Waals surface area contributed by atoms with Gasteiger partial charge in [-0.3, -0.25) is 9.69 Å². The van der Waals surface area contributed by atoms with Crippen LogP contribution in [-0.2, 0) is 17.8 Å². The number of halogens is 1. The Balaban J connectivity index is 1.50. The standard InChI is InChI=1S/C20H25ClN2O3/c1-2-17-14-23(13-15-5-6-16(21)12-19(15)26-17)10-8-20(24)22-9-7-18-4-3-11-25-18/h3-6,11-12,17H,2,7-10,13-14H2,1H3,(H,22,24). The Kier molecular flexibility index (Phi) is 6.58. The zero-order valence-electron chi connectivity index (χ0n) is 15.0. The van der Waals surface area contributed by atoms with Gasteiger partial charge in [0.25, 0.3) is 0 Å². The van der Waals surface area contributed by atoms with Gasteiger partial charge >= 0.3 is 0 Å². The number of hydrogen-bond acceptors (Lipinski definition) is 4. The van der Waals surface area contributed by atoms with E-state index in [1.807, 2.05) is 30.3 Å². The minimum Gasteiger partial charge on any atom is -0.489 e. The molecule has 140 valence electrons. The molecule has 1 aliphatic heterocycles. The smallest absolute Gasteiger partial charge is 0.221 e. The number of rotatable bonds is 7. The Hall–Kier alpha value is -1.98. The van der Waals surface area contributed by atoms with E-state index in [1.54, 1.807) is 6.26 Å². The highest BCUT2D eigenvalue weighted by Gasteiger charge is 2.22. The lowest BCUT2D eigenvalue weighted by Crippen LogP contribution is -2.36. The molecule has 1 aromatic heterocycles. The third-order valence-electron chi connectivity index (χ3n) is 4.56. The van der Waals surface area contributed by atoms with Gasteiger partial charge in [-0.05, 0) is 30.7 Å². The van der Waals surface area contributed by atoms with Crippen molar-refractivity contribution >= 4 is 17.5 Å². The van der Waals surface area contributed by atoms with Gasteiger partial charge < -0.3 is 14.5 Å². The van der Waals surface area contributed by atoms with Crippen molar-refractivity contribution in [3.05, 3.63) is 52.9 Å². The van der Waals surface area contributed by atoms with Crippen LogP contribution in [-0.4, -0.2) is 36.5 Å². The first kappa shape index (κ1) is 18.8. The van der Waals surface area contributed by atoms with Crippen LogP contribution < -0.4 is 10.1 Å². The SMILES string of the molecule is CCC1CN(CCC(=O)NCCc2ccco2)Cc2ccc(Cl)cc2O1. The summed E-state index contributed by atoms with van der Waals surface area (Å²) in [5, 5.41) is 3.64. The highest BCUT2D eigenvalue weighted by molar-refractivity contribution is 6.30. The van der Waals surface area contributed by atoms with Crippen LogP contribution in [0.5, 0.6) is 5.75 Å². The average Bonchev–Trinajstić information content (AvgIpc) is 3.07. The first-order valence-corrected chi connectivity index (χ1v) is 9.48. The van der Waals surface area contributed by atoms with Crippen molar-refractivity contribution in [3.8, 4) is 5.75 Å². The van der Waals surface area contributed by atoms with Crippen molar-refractivity contribution < 1.29 is 13.9 Å². The number of nitrogens with zero attached hydrogens (tertiary/aromatic N) is 1. The van der Waals surface area contributed by atoms with Gasteiger partial charge in [0.2, 0.25) is 5.91 Å². The molecule has 1 N–H and O–H groups in total. The molecule has 0 saturated heterocycles. The second-order valence-electron chi connectivity index (χ2n) is 6.56. The molecule has 0 radical (unpaired) electrons. The van der Waals surface area contributed by atoms with E-state index in [4.69, 9.17) is 20.8 Å². The number of amides is 1. The molecule has 2 heterocycles. The first-order chi connectivity index (χ1) is 12.6. The van der Waals surface area contributed by atoms with Crippen LogP contribution in [0.25, 0.3) is 0 Å². The van der Waals surface area contributed by atoms with Crippen LogP contribution >= 0.6 is 11.6 Å². The predicted molar refractivity (Wildman–Crippen MR) is 101 cm³/mol. The third kappa shape index (κ3) is 5.26. The van der Waals surface area contributed by atoms with E-state index >= 15 is 0 Å². The second kappa shape index (κ2) is 9.10. The Morgan fingerprint density at radius 3 is 3.04 bits per heavy atom. The molecule has 0 saturated carbocycles. The molecule has 1 unspecified atom stereocenters. The van der Waals surface area contributed by atoms with Gasteiger partial charge in [-0.2, -0.15) is 0 Å². The van der Waals surface area contributed by atoms with Crippen molar-refractivity contribution in [3.63, 3.8) is 0 Å². The van der Waals surface area contributed by atoms with Crippen molar-refractivity contribution in [1.82, 2.24) is 10.2 Å². The highest BCUT2D eigenvalue weighted by Crippen LogP contribution is 2.29. The Morgan fingerprint density at radius 2 is 2.27 bits per heavy atom. The highest BCUT2D eigenvalue weighted by atomic mass is 35.5. The van der Waals surface area contributed by atoms with Crippen LogP contribution in [0.15, 0.2) is 41.0 Å². The summed E-state index contributed by atoms with van der Waals surface area (Å²) in [5.74, 6) is 1.80. The Morgan fingerprint density at radius 1 is 1.38 bits per heavy atom. The van der Waals surface area contributed by atoms with Gasteiger partial charge in [0.15, 0.2) is 0 Å². The topological polar surface area (TPSA) is 54.7 Å². The molecule has 0 fully saturated rings. The molecular weight excluding hydrogens is 352 g/mol. The van der Waals surface area contributed by atoms with Crippen LogP contribution in [0.2, 0.25) is 5.02 Å². The lowest BCUT2D eigenvalue weighted by Gasteiger charge is -2.22. The molecule has 1 aliphatic rings. The van der Waals surface area contributed by atoms with E-state index in [0.717, 1.165) is 36.6 Å². The summed E-state index contributed by atoms with van der Waals surface area (Å²) >= 11 is 6.09. The molecular formula is C20H25ClN2O3. The van der Waals surface area contributed by atoms with Crippen LogP contribution in [0.4, 0.5) is 0 Å². The van der Waals surface area contributed by atoms with Crippen molar-refractivity contribution in [2.75, 3.05) is 19.6 Å². The van der Waals surface area contributed by atoms with E-state index < -0.39 is 0 Å². The second-order valence-corrected chi connectivity index (χ2v) is 7.00. The quantitative estimate of drug-likeness (QED) is 0.801. The number of nitrogens with one attached hydrogen (secondary N) is 1. The van der Waals surface area contributed by atoms with E-state index in [9.17, 15) is 4.79 Å². The monoisotopic (exact) mass is 376 g/mol. The maximum Gasteiger partial charge on any atom is 0.221 e. The van der Waals surface area contributed by atoms with Gasteiger partial charge in [-0.25, -0.2) is 0 Å². The molecule has 2 aromatic rings. The van der Waals surface area contributed by atoms with Crippen molar-refractivity contribution in [2.24, 2.45) is 0 Å². The van der Waals surface area contributed by atoms with Crippen LogP contribution in [0, 0.1) is 0 Å². The lowest BCUT2D eigenvalue weighted by atomic mass is 10.2. The Labute approximate surface area is 159 Å². The number of carbonyl (C=O) groups excluding carboxylic acids is 1. The number of carbonyl (C=O) groups is 1. The number of furan rings is 1. The molecule has 1 aromatic carbocycles. The number of hydrogen-bond donors (Lipinski definition) is 1. The summed E-state index contributed by atoms with van der Waals surface area (Å²) < 4.78 is 11.4. The molecule has 1 amide bonds. The summed E-state index contributed by atoms with van der Waals surface area (Å²) in [6.45, 7) is 4.98. The molecule has 0 aliphatic carbocycles. The fraction of sp³-hybridized carbons (Fsp3) is 0.450. The van der Waals surface area contributed by atoms with E-state index in [2.05, 4.69) is 17.1 Å². The summed E-state index contributed by atoms with van der Waals surface area (Å²) in [6, 6.07) is 9.54. The molecule has 3 rings (SSSR count). The molecule has 6 heteroatoms. The largest absolute Gasteiger partial charge is 0.489 e. The summed E-state index contributed by atoms with van der Waals surface area (Å²) in [7, 11) is 0. The Bertz CT molecular complexity index is 718. The fourth-order valence-electron chi connectivity index (χ4n) is 3.09. The van der Waals surface area contributed by atoms with Crippen LogP contribution in [0.1, 0.15) is 31.1 Å². The fourth-order valence-corrected chi connectivity index (χ4v) is 3.25. The summed E-state index contributed by atoms with van der Waals surface area (Å²) in [4.78, 5) is 14.4. The molecule has 26 heavy (non-hydrogen) atoms. The van der Waals surface area contributed by atoms with Crippen LogP contribution in [0.3, 0.4) is 0 Å². The van der Waals surface area contributed by atoms with Gasteiger partial charge in [0, 0.05) is 49.6 Å². The minimum atomic E-state index is 0.0612. The summed E-state index contributed by atoms with van der Waals surface area (Å²) in [5.41, 5.74) is 1.11.